The molecule has 0 bridgehead atoms. The van der Waals surface area contributed by atoms with Gasteiger partial charge in [-0.15, -0.1) is 0 Å². The predicted molar refractivity (Wildman–Crippen MR) is 77.8 cm³/mol. The molecule has 1 N–H and O–H groups in total. The Morgan fingerprint density at radius 1 is 1.08 bits per heavy atom. The largest absolute Gasteiger partial charge is 0.416 e. The van der Waals surface area contributed by atoms with Gasteiger partial charge in [-0.2, -0.15) is 13.2 Å². The highest BCUT2D eigenvalue weighted by Crippen LogP contribution is 2.29. The fourth-order valence-corrected chi connectivity index (χ4v) is 2.19. The number of alkyl halides is 3. The Bertz CT molecular complexity index is 884. The normalized spacial score (nSPS) is 11.7. The number of imidazole rings is 1. The van der Waals surface area contributed by atoms with E-state index < -0.39 is 23.5 Å². The number of rotatable bonds is 3. The Morgan fingerprint density at radius 2 is 1.79 bits per heavy atom. The van der Waals surface area contributed by atoms with E-state index in [1.54, 1.807) is 6.20 Å². The minimum absolute atomic E-state index is 0.0726. The van der Waals surface area contributed by atoms with E-state index in [4.69, 9.17) is 0 Å². The quantitative estimate of drug-likeness (QED) is 0.745. The Morgan fingerprint density at radius 3 is 2.46 bits per heavy atom. The smallest absolute Gasteiger partial charge is 0.346 e. The van der Waals surface area contributed by atoms with Crippen molar-refractivity contribution in [3.8, 4) is 0 Å². The van der Waals surface area contributed by atoms with Gasteiger partial charge in [-0.1, -0.05) is 0 Å². The third-order valence-electron chi connectivity index (χ3n) is 3.37. The minimum atomic E-state index is -4.44. The first-order chi connectivity index (χ1) is 11.3. The molecule has 0 atom stereocenters. The van der Waals surface area contributed by atoms with Crippen LogP contribution >= 0.6 is 0 Å². The lowest BCUT2D eigenvalue weighted by atomic mass is 10.1. The highest BCUT2D eigenvalue weighted by atomic mass is 19.4. The third-order valence-corrected chi connectivity index (χ3v) is 3.37. The van der Waals surface area contributed by atoms with Crippen LogP contribution in [0.1, 0.15) is 21.6 Å². The number of benzene rings is 1. The number of nitrogens with zero attached hydrogens (tertiary/aromatic N) is 2. The topological polar surface area (TPSA) is 46.4 Å². The van der Waals surface area contributed by atoms with Crippen LogP contribution in [-0.4, -0.2) is 15.3 Å². The molecule has 0 radical (unpaired) electrons. The van der Waals surface area contributed by atoms with Crippen LogP contribution in [0.25, 0.3) is 5.65 Å². The number of nitrogens with one attached hydrogen (secondary N) is 1. The maximum atomic E-state index is 13.1. The molecule has 3 aromatic rings. The van der Waals surface area contributed by atoms with Gasteiger partial charge in [0.15, 0.2) is 0 Å². The third kappa shape index (κ3) is 3.37. The average molecular weight is 337 g/mol. The van der Waals surface area contributed by atoms with E-state index in [-0.39, 0.29) is 12.1 Å². The summed E-state index contributed by atoms with van der Waals surface area (Å²) in [6, 6.07) is 6.68. The van der Waals surface area contributed by atoms with Crippen LogP contribution in [0.2, 0.25) is 0 Å². The molecule has 1 amide bonds. The first-order valence-electron chi connectivity index (χ1n) is 6.91. The van der Waals surface area contributed by atoms with E-state index in [0.717, 1.165) is 24.3 Å². The number of carbonyl (C=O) groups is 1. The Balaban J connectivity index is 1.68. The SMILES string of the molecule is O=C(NCc1cn2cc(F)ccc2n1)c1ccc(C(F)(F)F)cc1. The van der Waals surface area contributed by atoms with Crippen LogP contribution in [0.3, 0.4) is 0 Å². The number of aromatic nitrogens is 2. The number of carbonyl (C=O) groups excluding carboxylic acids is 1. The Labute approximate surface area is 133 Å². The van der Waals surface area contributed by atoms with E-state index in [9.17, 15) is 22.4 Å². The molecule has 4 nitrogen and oxygen atoms in total. The van der Waals surface area contributed by atoms with Crippen molar-refractivity contribution >= 4 is 11.6 Å². The molecule has 0 spiro atoms. The lowest BCUT2D eigenvalue weighted by Crippen LogP contribution is -2.23. The summed E-state index contributed by atoms with van der Waals surface area (Å²) in [5.74, 6) is -0.938. The zero-order chi connectivity index (χ0) is 17.3. The summed E-state index contributed by atoms with van der Waals surface area (Å²) < 4.78 is 52.0. The second-order valence-corrected chi connectivity index (χ2v) is 5.10. The predicted octanol–water partition coefficient (Wildman–Crippen LogP) is 3.42. The van der Waals surface area contributed by atoms with Gasteiger partial charge in [0.25, 0.3) is 5.91 Å². The first-order valence-corrected chi connectivity index (χ1v) is 6.91. The molecular weight excluding hydrogens is 326 g/mol. The van der Waals surface area contributed by atoms with E-state index in [1.165, 1.54) is 22.7 Å². The summed E-state index contributed by atoms with van der Waals surface area (Å²) >= 11 is 0. The standard InChI is InChI=1S/C16H11F4N3O/c17-12-5-6-14-22-13(9-23(14)8-12)7-21-15(24)10-1-3-11(4-2-10)16(18,19)20/h1-6,8-9H,7H2,(H,21,24). The lowest BCUT2D eigenvalue weighted by Gasteiger charge is -2.07. The van der Waals surface area contributed by atoms with Gasteiger partial charge in [0, 0.05) is 18.0 Å². The number of amides is 1. The molecule has 0 aliphatic carbocycles. The molecule has 1 aromatic carbocycles. The van der Waals surface area contributed by atoms with Gasteiger partial charge < -0.3 is 9.72 Å². The molecule has 0 aliphatic heterocycles. The van der Waals surface area contributed by atoms with E-state index in [1.807, 2.05) is 0 Å². The van der Waals surface area contributed by atoms with Crippen molar-refractivity contribution < 1.29 is 22.4 Å². The van der Waals surface area contributed by atoms with Gasteiger partial charge in [-0.25, -0.2) is 9.37 Å². The summed E-state index contributed by atoms with van der Waals surface area (Å²) in [6.07, 6.45) is -1.63. The van der Waals surface area contributed by atoms with Crippen molar-refractivity contribution in [1.82, 2.24) is 14.7 Å². The van der Waals surface area contributed by atoms with Crippen molar-refractivity contribution in [3.63, 3.8) is 0 Å². The van der Waals surface area contributed by atoms with Crippen molar-refractivity contribution in [2.24, 2.45) is 0 Å². The van der Waals surface area contributed by atoms with Gasteiger partial charge in [-0.3, -0.25) is 4.79 Å². The maximum Gasteiger partial charge on any atom is 0.416 e. The number of halogens is 4. The molecule has 2 heterocycles. The summed E-state index contributed by atoms with van der Waals surface area (Å²) in [5, 5.41) is 2.56. The van der Waals surface area contributed by atoms with Crippen molar-refractivity contribution in [2.75, 3.05) is 0 Å². The van der Waals surface area contributed by atoms with Crippen LogP contribution in [0.4, 0.5) is 17.6 Å². The fraction of sp³-hybridized carbons (Fsp3) is 0.125. The summed E-state index contributed by atoms with van der Waals surface area (Å²) in [6.45, 7) is 0.0726. The highest BCUT2D eigenvalue weighted by molar-refractivity contribution is 5.94. The van der Waals surface area contributed by atoms with Crippen LogP contribution < -0.4 is 5.32 Å². The minimum Gasteiger partial charge on any atom is -0.346 e. The molecule has 8 heteroatoms. The number of pyridine rings is 1. The van der Waals surface area contributed by atoms with Gasteiger partial charge in [-0.05, 0) is 36.4 Å². The van der Waals surface area contributed by atoms with Crippen LogP contribution in [0, 0.1) is 5.82 Å². The van der Waals surface area contributed by atoms with Crippen LogP contribution in [0.5, 0.6) is 0 Å². The molecule has 0 saturated heterocycles. The molecule has 0 saturated carbocycles. The zero-order valence-corrected chi connectivity index (χ0v) is 12.1. The van der Waals surface area contributed by atoms with Gasteiger partial charge in [0.1, 0.15) is 11.5 Å². The van der Waals surface area contributed by atoms with Crippen molar-refractivity contribution in [2.45, 2.75) is 12.7 Å². The van der Waals surface area contributed by atoms with Crippen LogP contribution in [-0.2, 0) is 12.7 Å². The molecule has 0 aliphatic rings. The van der Waals surface area contributed by atoms with Gasteiger partial charge in [0.2, 0.25) is 0 Å². The number of hydrogen-bond acceptors (Lipinski definition) is 2. The van der Waals surface area contributed by atoms with E-state index in [0.29, 0.717) is 11.3 Å². The summed E-state index contributed by atoms with van der Waals surface area (Å²) in [5.41, 5.74) is 0.315. The van der Waals surface area contributed by atoms with Gasteiger partial charge >= 0.3 is 6.18 Å². The molecule has 124 valence electrons. The fourth-order valence-electron chi connectivity index (χ4n) is 2.19. The molecule has 0 fully saturated rings. The first kappa shape index (κ1) is 16.0. The Kier molecular flexibility index (Phi) is 3.96. The van der Waals surface area contributed by atoms with Gasteiger partial charge in [0.05, 0.1) is 17.8 Å². The summed E-state index contributed by atoms with van der Waals surface area (Å²) in [7, 11) is 0. The lowest BCUT2D eigenvalue weighted by molar-refractivity contribution is -0.137. The van der Waals surface area contributed by atoms with E-state index in [2.05, 4.69) is 10.3 Å². The molecule has 0 unspecified atom stereocenters. The highest BCUT2D eigenvalue weighted by Gasteiger charge is 2.30. The monoisotopic (exact) mass is 337 g/mol. The second-order valence-electron chi connectivity index (χ2n) is 5.10. The molecule has 3 rings (SSSR count). The number of fused-ring (bicyclic) bond motifs is 1. The Hall–Kier alpha value is -2.90. The maximum absolute atomic E-state index is 13.1. The summed E-state index contributed by atoms with van der Waals surface area (Å²) in [4.78, 5) is 16.2. The zero-order valence-electron chi connectivity index (χ0n) is 12.1. The second kappa shape index (κ2) is 5.95. The molecule has 24 heavy (non-hydrogen) atoms. The van der Waals surface area contributed by atoms with Crippen LogP contribution in [0.15, 0.2) is 48.8 Å². The molecular formula is C16H11F4N3O. The van der Waals surface area contributed by atoms with Crippen molar-refractivity contribution in [1.29, 1.82) is 0 Å². The van der Waals surface area contributed by atoms with Crippen molar-refractivity contribution in [3.05, 3.63) is 71.4 Å². The number of hydrogen-bond donors (Lipinski definition) is 1. The van der Waals surface area contributed by atoms with E-state index >= 15 is 0 Å². The average Bonchev–Trinajstić information content (AvgIpc) is 2.94. The molecule has 2 aromatic heterocycles.